The van der Waals surface area contributed by atoms with E-state index in [9.17, 15) is 33.6 Å². The third kappa shape index (κ3) is 14.5. The van der Waals surface area contributed by atoms with Gasteiger partial charge in [-0.05, 0) is 69.8 Å². The summed E-state index contributed by atoms with van der Waals surface area (Å²) in [4.78, 5) is 102. The molecule has 0 saturated carbocycles. The Labute approximate surface area is 373 Å². The lowest BCUT2D eigenvalue weighted by atomic mass is 10.0. The quantitative estimate of drug-likeness (QED) is 0.0520. The molecule has 0 aromatic heterocycles. The Morgan fingerprint density at radius 3 is 2.14 bits per heavy atom. The second kappa shape index (κ2) is 24.2. The molecule has 3 aliphatic heterocycles. The van der Waals surface area contributed by atoms with E-state index in [0.717, 1.165) is 13.1 Å². The summed E-state index contributed by atoms with van der Waals surface area (Å²) in [5.74, 6) is -2.88. The number of carbonyl (C=O) groups is 7. The lowest BCUT2D eigenvalue weighted by Gasteiger charge is -2.36. The van der Waals surface area contributed by atoms with Crippen molar-refractivity contribution in [1.82, 2.24) is 41.3 Å². The molecule has 0 unspecified atom stereocenters. The average Bonchev–Trinajstić information content (AvgIpc) is 3.39. The Morgan fingerprint density at radius 2 is 1.45 bits per heavy atom. The van der Waals surface area contributed by atoms with Crippen LogP contribution in [0.5, 0.6) is 0 Å². The fourth-order valence-corrected chi connectivity index (χ4v) is 7.95. The van der Waals surface area contributed by atoms with Gasteiger partial charge in [-0.1, -0.05) is 24.3 Å². The molecule has 0 spiro atoms. The van der Waals surface area contributed by atoms with Gasteiger partial charge in [-0.25, -0.2) is 0 Å². The molecule has 64 heavy (non-hydrogen) atoms. The topological polar surface area (TPSA) is 295 Å². The minimum Gasteiger partial charge on any atom is -0.370 e. The number of piperazine rings is 1. The van der Waals surface area contributed by atoms with Gasteiger partial charge >= 0.3 is 0 Å². The van der Waals surface area contributed by atoms with Crippen LogP contribution in [0.4, 0.5) is 17.1 Å². The number of imide groups is 1. The molecule has 5 rings (SSSR count). The Morgan fingerprint density at radius 1 is 0.797 bits per heavy atom. The maximum atomic E-state index is 13.9. The molecule has 12 N–H and O–H groups in total. The lowest BCUT2D eigenvalue weighted by molar-refractivity contribution is -0.136. The van der Waals surface area contributed by atoms with Gasteiger partial charge in [0.25, 0.3) is 5.91 Å². The third-order valence-electron chi connectivity index (χ3n) is 11.4. The van der Waals surface area contributed by atoms with Gasteiger partial charge in [0.05, 0.1) is 41.8 Å². The summed E-state index contributed by atoms with van der Waals surface area (Å²) < 4.78 is 0. The average molecular weight is 889 g/mol. The SMILES string of the molecule is CC(=O)N[C@H](CCCN)C(=O)NC(=O)[C@H](C)NC(=O)[C@@H](CCN=C(N)N)NCCN1CCN(CC(=O)NC2CCN(CC(=O)N3c4ccccc4NC(=O)c4ccccc43)CC2)CC1. The number of likely N-dealkylation sites (tertiary alicyclic amines) is 1. The predicted molar refractivity (Wildman–Crippen MR) is 242 cm³/mol. The van der Waals surface area contributed by atoms with Crippen LogP contribution in [0.15, 0.2) is 53.5 Å². The van der Waals surface area contributed by atoms with Crippen molar-refractivity contribution < 1.29 is 33.6 Å². The molecule has 3 aliphatic rings. The normalized spacial score (nSPS) is 17.3. The third-order valence-corrected chi connectivity index (χ3v) is 11.4. The second-order valence-corrected chi connectivity index (χ2v) is 16.3. The lowest BCUT2D eigenvalue weighted by Crippen LogP contribution is -2.56. The van der Waals surface area contributed by atoms with Crippen LogP contribution in [-0.2, 0) is 28.8 Å². The van der Waals surface area contributed by atoms with E-state index in [-0.39, 0.29) is 62.2 Å². The molecule has 0 radical (unpaired) electrons. The Hall–Kier alpha value is -6.00. The van der Waals surface area contributed by atoms with Crippen LogP contribution in [0, 0.1) is 0 Å². The molecule has 21 nitrogen and oxygen atoms in total. The van der Waals surface area contributed by atoms with Crippen molar-refractivity contribution in [3.63, 3.8) is 0 Å². The van der Waals surface area contributed by atoms with Gasteiger partial charge in [0.1, 0.15) is 12.1 Å². The first kappa shape index (κ1) is 49.0. The first-order valence-electron chi connectivity index (χ1n) is 21.9. The van der Waals surface area contributed by atoms with Crippen LogP contribution in [-0.4, -0.2) is 165 Å². The van der Waals surface area contributed by atoms with Crippen LogP contribution < -0.4 is 54.0 Å². The molecule has 348 valence electrons. The molecular weight excluding hydrogens is 825 g/mol. The Balaban J connectivity index is 1.01. The van der Waals surface area contributed by atoms with Crippen molar-refractivity contribution in [2.75, 3.05) is 88.8 Å². The number of benzene rings is 2. The first-order valence-corrected chi connectivity index (χ1v) is 21.9. The fraction of sp³-hybridized carbons (Fsp3) is 0.535. The number of nitrogens with zero attached hydrogens (tertiary/aromatic N) is 5. The molecule has 2 aromatic carbocycles. The van der Waals surface area contributed by atoms with Crippen LogP contribution in [0.2, 0.25) is 0 Å². The van der Waals surface area contributed by atoms with Gasteiger partial charge in [-0.3, -0.25) is 63.5 Å². The zero-order valence-corrected chi connectivity index (χ0v) is 36.8. The Kier molecular flexibility index (Phi) is 18.5. The molecule has 2 aromatic rings. The van der Waals surface area contributed by atoms with E-state index in [1.807, 2.05) is 24.3 Å². The summed E-state index contributed by atoms with van der Waals surface area (Å²) in [5, 5.41) is 16.8. The number of carbonyl (C=O) groups excluding carboxylic acids is 7. The number of aliphatic imine (C=N–C) groups is 1. The molecule has 0 bridgehead atoms. The first-order chi connectivity index (χ1) is 30.7. The van der Waals surface area contributed by atoms with Crippen molar-refractivity contribution in [3.8, 4) is 0 Å². The standard InChI is InChI=1S/C43H64N14O7/c1-28(39(61)53-42(64)34(10-7-16-44)50-29(2)58)49-41(63)33(13-17-48-43(45)46)47-18-21-54-22-24-56(25-23-54)26-37(59)51-30-14-19-55(20-15-30)27-38(60)57-35-11-5-3-8-31(35)40(62)52-32-9-4-6-12-36(32)57/h3-6,8-9,11-12,28,30,33-34,47H,7,10,13-27,44H2,1-2H3,(H,49,63)(H,50,58)(H,51,59)(H,52,62)(H4,45,46,48)(H,53,61,64)/t28-,33+,34+/m0/s1. The van der Waals surface area contributed by atoms with Gasteiger partial charge in [0.2, 0.25) is 35.4 Å². The minimum absolute atomic E-state index is 0.00136. The number of guanidine groups is 1. The summed E-state index contributed by atoms with van der Waals surface area (Å²) in [6, 6.07) is 11.6. The van der Waals surface area contributed by atoms with Crippen LogP contribution in [0.1, 0.15) is 56.3 Å². The molecule has 0 aliphatic carbocycles. The zero-order valence-electron chi connectivity index (χ0n) is 36.8. The molecule has 2 fully saturated rings. The van der Waals surface area contributed by atoms with Gasteiger partial charge in [0, 0.05) is 71.9 Å². The van der Waals surface area contributed by atoms with Gasteiger partial charge < -0.3 is 43.8 Å². The summed E-state index contributed by atoms with van der Waals surface area (Å²) in [6.45, 7) is 8.80. The maximum Gasteiger partial charge on any atom is 0.257 e. The predicted octanol–water partition coefficient (Wildman–Crippen LogP) is -1.87. The number of hydrogen-bond acceptors (Lipinski definition) is 13. The van der Waals surface area contributed by atoms with Crippen molar-refractivity contribution >= 4 is 64.4 Å². The van der Waals surface area contributed by atoms with Crippen LogP contribution >= 0.6 is 0 Å². The molecule has 21 heteroatoms. The van der Waals surface area contributed by atoms with E-state index >= 15 is 0 Å². The summed E-state index contributed by atoms with van der Waals surface area (Å²) in [7, 11) is 0. The highest BCUT2D eigenvalue weighted by atomic mass is 16.2. The highest BCUT2D eigenvalue weighted by Gasteiger charge is 2.32. The van der Waals surface area contributed by atoms with Gasteiger partial charge in [-0.2, -0.15) is 0 Å². The number of fused-ring (bicyclic) bond motifs is 2. The summed E-state index contributed by atoms with van der Waals surface area (Å²) >= 11 is 0. The number of nitrogens with one attached hydrogen (secondary N) is 6. The number of amides is 7. The number of hydrogen-bond donors (Lipinski definition) is 9. The Bertz CT molecular complexity index is 2000. The number of para-hydroxylation sites is 3. The number of anilines is 3. The van der Waals surface area contributed by atoms with E-state index in [0.29, 0.717) is 87.7 Å². The molecule has 3 atom stereocenters. The molecular formula is C43H64N14O7. The zero-order chi connectivity index (χ0) is 46.2. The number of piperidine rings is 1. The van der Waals surface area contributed by atoms with E-state index in [2.05, 4.69) is 51.6 Å². The monoisotopic (exact) mass is 889 g/mol. The minimum atomic E-state index is -1.06. The van der Waals surface area contributed by atoms with Crippen LogP contribution in [0.25, 0.3) is 0 Å². The van der Waals surface area contributed by atoms with E-state index in [1.165, 1.54) is 13.8 Å². The van der Waals surface area contributed by atoms with Crippen molar-refractivity contribution in [3.05, 3.63) is 54.1 Å². The molecule has 3 heterocycles. The van der Waals surface area contributed by atoms with Crippen molar-refractivity contribution in [1.29, 1.82) is 0 Å². The van der Waals surface area contributed by atoms with Crippen LogP contribution in [0.3, 0.4) is 0 Å². The second-order valence-electron chi connectivity index (χ2n) is 16.3. The van der Waals surface area contributed by atoms with E-state index < -0.39 is 41.8 Å². The van der Waals surface area contributed by atoms with Gasteiger partial charge in [-0.15, -0.1) is 0 Å². The smallest absolute Gasteiger partial charge is 0.257 e. The summed E-state index contributed by atoms with van der Waals surface area (Å²) in [5.41, 5.74) is 18.7. The highest BCUT2D eigenvalue weighted by molar-refractivity contribution is 6.18. The number of nitrogens with two attached hydrogens (primary N) is 3. The van der Waals surface area contributed by atoms with Crippen molar-refractivity contribution in [2.24, 2.45) is 22.2 Å². The largest absolute Gasteiger partial charge is 0.370 e. The van der Waals surface area contributed by atoms with E-state index in [1.54, 1.807) is 29.2 Å². The number of rotatable bonds is 20. The van der Waals surface area contributed by atoms with E-state index in [4.69, 9.17) is 17.2 Å². The highest BCUT2D eigenvalue weighted by Crippen LogP contribution is 2.37. The molecule has 2 saturated heterocycles. The fourth-order valence-electron chi connectivity index (χ4n) is 7.95. The van der Waals surface area contributed by atoms with Gasteiger partial charge in [0.15, 0.2) is 5.96 Å². The maximum absolute atomic E-state index is 13.9. The molecule has 7 amide bonds. The summed E-state index contributed by atoms with van der Waals surface area (Å²) in [6.07, 6.45) is 2.37. The van der Waals surface area contributed by atoms with Crippen molar-refractivity contribution in [2.45, 2.75) is 70.1 Å².